The predicted molar refractivity (Wildman–Crippen MR) is 63.4 cm³/mol. The molecule has 0 saturated carbocycles. The zero-order chi connectivity index (χ0) is 11.8. The number of hydrogen-bond acceptors (Lipinski definition) is 3. The maximum atomic E-state index is 8.45. The Kier molecular flexibility index (Phi) is 4.94. The first kappa shape index (κ1) is 12.1. The molecule has 0 aromatic heterocycles. The lowest BCUT2D eigenvalue weighted by Gasteiger charge is -2.11. The minimum Gasteiger partial charge on any atom is -0.490 e. The molecule has 0 aliphatic heterocycles. The summed E-state index contributed by atoms with van der Waals surface area (Å²) in [5.41, 5.74) is 0.924. The molecule has 3 nitrogen and oxygen atoms in total. The lowest BCUT2D eigenvalue weighted by Crippen LogP contribution is -1.98. The van der Waals surface area contributed by atoms with Crippen molar-refractivity contribution in [3.63, 3.8) is 0 Å². The second kappa shape index (κ2) is 6.52. The van der Waals surface area contributed by atoms with Crippen LogP contribution in [0.1, 0.15) is 19.4 Å². The molecule has 0 spiro atoms. The van der Waals surface area contributed by atoms with Gasteiger partial charge in [-0.3, -0.25) is 0 Å². The van der Waals surface area contributed by atoms with Gasteiger partial charge >= 0.3 is 0 Å². The first-order valence-corrected chi connectivity index (χ1v) is 5.27. The molecule has 1 aromatic carbocycles. The lowest BCUT2D eigenvalue weighted by atomic mass is 10.2. The van der Waals surface area contributed by atoms with Crippen LogP contribution in [0.25, 0.3) is 6.08 Å². The number of nitriles is 1. The van der Waals surface area contributed by atoms with Crippen molar-refractivity contribution in [2.24, 2.45) is 0 Å². The van der Waals surface area contributed by atoms with Crippen LogP contribution < -0.4 is 9.47 Å². The molecule has 1 rings (SSSR count). The monoisotopic (exact) mass is 217 g/mol. The van der Waals surface area contributed by atoms with E-state index in [2.05, 4.69) is 0 Å². The molecule has 0 N–H and O–H groups in total. The molecular weight excluding hydrogens is 202 g/mol. The van der Waals surface area contributed by atoms with E-state index in [-0.39, 0.29) is 0 Å². The summed E-state index contributed by atoms with van der Waals surface area (Å²) in [6.07, 6.45) is 3.17. The molecular formula is C13H15NO2. The maximum absolute atomic E-state index is 8.45. The van der Waals surface area contributed by atoms with Crippen molar-refractivity contribution >= 4 is 6.08 Å². The second-order valence-corrected chi connectivity index (χ2v) is 3.03. The summed E-state index contributed by atoms with van der Waals surface area (Å²) in [5, 5.41) is 8.45. The Hall–Kier alpha value is -1.95. The summed E-state index contributed by atoms with van der Waals surface area (Å²) in [4.78, 5) is 0. The van der Waals surface area contributed by atoms with E-state index in [9.17, 15) is 0 Å². The summed E-state index contributed by atoms with van der Waals surface area (Å²) < 4.78 is 10.9. The van der Waals surface area contributed by atoms with E-state index in [4.69, 9.17) is 14.7 Å². The van der Waals surface area contributed by atoms with E-state index in [1.807, 2.05) is 38.1 Å². The third kappa shape index (κ3) is 3.32. The van der Waals surface area contributed by atoms with Crippen LogP contribution in [-0.4, -0.2) is 13.2 Å². The molecule has 0 fully saturated rings. The Morgan fingerprint density at radius 1 is 1.19 bits per heavy atom. The van der Waals surface area contributed by atoms with Crippen LogP contribution in [0.3, 0.4) is 0 Å². The van der Waals surface area contributed by atoms with Crippen molar-refractivity contribution in [3.8, 4) is 17.6 Å². The average molecular weight is 217 g/mol. The molecule has 0 bridgehead atoms. The summed E-state index contributed by atoms with van der Waals surface area (Å²) in [6, 6.07) is 7.56. The van der Waals surface area contributed by atoms with Gasteiger partial charge in [-0.05, 0) is 37.6 Å². The molecule has 0 unspecified atom stereocenters. The number of rotatable bonds is 5. The zero-order valence-electron chi connectivity index (χ0n) is 9.56. The molecule has 0 aliphatic carbocycles. The lowest BCUT2D eigenvalue weighted by molar-refractivity contribution is 0.287. The van der Waals surface area contributed by atoms with Gasteiger partial charge in [0.1, 0.15) is 0 Å². The molecule has 0 saturated heterocycles. The molecule has 0 heterocycles. The van der Waals surface area contributed by atoms with Gasteiger partial charge in [-0.15, -0.1) is 0 Å². The van der Waals surface area contributed by atoms with Crippen molar-refractivity contribution in [2.45, 2.75) is 13.8 Å². The van der Waals surface area contributed by atoms with Gasteiger partial charge in [0.25, 0.3) is 0 Å². The van der Waals surface area contributed by atoms with Gasteiger partial charge in [0.05, 0.1) is 19.3 Å². The van der Waals surface area contributed by atoms with Gasteiger partial charge in [0.2, 0.25) is 0 Å². The third-order valence-electron chi connectivity index (χ3n) is 1.92. The molecule has 84 valence electrons. The highest BCUT2D eigenvalue weighted by Gasteiger charge is 2.04. The first-order chi connectivity index (χ1) is 7.81. The van der Waals surface area contributed by atoms with Gasteiger partial charge in [-0.25, -0.2) is 0 Å². The number of ether oxygens (including phenoxy) is 2. The first-order valence-electron chi connectivity index (χ1n) is 5.27. The minimum atomic E-state index is 0.589. The van der Waals surface area contributed by atoms with E-state index in [0.29, 0.717) is 19.0 Å². The number of nitrogens with zero attached hydrogens (tertiary/aromatic N) is 1. The fourth-order valence-corrected chi connectivity index (χ4v) is 1.30. The van der Waals surface area contributed by atoms with Gasteiger partial charge in [0, 0.05) is 6.08 Å². The van der Waals surface area contributed by atoms with Gasteiger partial charge in [0.15, 0.2) is 11.5 Å². The SMILES string of the molecule is CCOc1ccc(/C=C/C#N)cc1OCC. The normalized spacial score (nSPS) is 10.1. The highest BCUT2D eigenvalue weighted by atomic mass is 16.5. The quantitative estimate of drug-likeness (QED) is 0.712. The van der Waals surface area contributed by atoms with E-state index in [1.54, 1.807) is 6.08 Å². The topological polar surface area (TPSA) is 42.2 Å². The van der Waals surface area contributed by atoms with E-state index >= 15 is 0 Å². The fourth-order valence-electron chi connectivity index (χ4n) is 1.30. The largest absolute Gasteiger partial charge is 0.490 e. The van der Waals surface area contributed by atoms with E-state index in [1.165, 1.54) is 6.08 Å². The molecule has 3 heteroatoms. The van der Waals surface area contributed by atoms with Crippen LogP contribution in [0.15, 0.2) is 24.3 Å². The fraction of sp³-hybridized carbons (Fsp3) is 0.308. The average Bonchev–Trinajstić information content (AvgIpc) is 2.30. The van der Waals surface area contributed by atoms with Gasteiger partial charge in [-0.1, -0.05) is 6.07 Å². The van der Waals surface area contributed by atoms with Crippen LogP contribution in [0.5, 0.6) is 11.5 Å². The Bertz CT molecular complexity index is 405. The predicted octanol–water partition coefficient (Wildman–Crippen LogP) is 3.02. The van der Waals surface area contributed by atoms with Crippen molar-refractivity contribution < 1.29 is 9.47 Å². The summed E-state index contributed by atoms with van der Waals surface area (Å²) in [6.45, 7) is 5.05. The van der Waals surface area contributed by atoms with Crippen LogP contribution in [0, 0.1) is 11.3 Å². The second-order valence-electron chi connectivity index (χ2n) is 3.03. The Morgan fingerprint density at radius 3 is 2.50 bits per heavy atom. The van der Waals surface area contributed by atoms with Crippen LogP contribution in [0.4, 0.5) is 0 Å². The standard InChI is InChI=1S/C13H15NO2/c1-3-15-12-8-7-11(6-5-9-14)10-13(12)16-4-2/h5-8,10H,3-4H2,1-2H3/b6-5+. The summed E-state index contributed by atoms with van der Waals surface area (Å²) in [5.74, 6) is 1.45. The molecule has 1 aromatic rings. The minimum absolute atomic E-state index is 0.589. The van der Waals surface area contributed by atoms with E-state index in [0.717, 1.165) is 11.3 Å². The Balaban J connectivity index is 2.97. The maximum Gasteiger partial charge on any atom is 0.161 e. The van der Waals surface area contributed by atoms with E-state index < -0.39 is 0 Å². The molecule has 0 amide bonds. The molecule has 0 radical (unpaired) electrons. The van der Waals surface area contributed by atoms with Crippen molar-refractivity contribution in [1.82, 2.24) is 0 Å². The summed E-state index contributed by atoms with van der Waals surface area (Å²) >= 11 is 0. The zero-order valence-corrected chi connectivity index (χ0v) is 9.56. The highest BCUT2D eigenvalue weighted by molar-refractivity contribution is 5.57. The van der Waals surface area contributed by atoms with Crippen LogP contribution >= 0.6 is 0 Å². The number of benzene rings is 1. The van der Waals surface area contributed by atoms with Crippen molar-refractivity contribution in [2.75, 3.05) is 13.2 Å². The van der Waals surface area contributed by atoms with Crippen molar-refractivity contribution in [1.29, 1.82) is 5.26 Å². The number of allylic oxidation sites excluding steroid dienone is 1. The van der Waals surface area contributed by atoms with Crippen LogP contribution in [0.2, 0.25) is 0 Å². The summed E-state index contributed by atoms with van der Waals surface area (Å²) in [7, 11) is 0. The molecule has 0 atom stereocenters. The van der Waals surface area contributed by atoms with Gasteiger partial charge < -0.3 is 9.47 Å². The Labute approximate surface area is 95.9 Å². The number of hydrogen-bond donors (Lipinski definition) is 0. The molecule has 16 heavy (non-hydrogen) atoms. The highest BCUT2D eigenvalue weighted by Crippen LogP contribution is 2.28. The third-order valence-corrected chi connectivity index (χ3v) is 1.92. The Morgan fingerprint density at radius 2 is 1.88 bits per heavy atom. The van der Waals surface area contributed by atoms with Gasteiger partial charge in [-0.2, -0.15) is 5.26 Å². The smallest absolute Gasteiger partial charge is 0.161 e. The van der Waals surface area contributed by atoms with Crippen LogP contribution in [-0.2, 0) is 0 Å². The molecule has 0 aliphatic rings. The van der Waals surface area contributed by atoms with Crippen molar-refractivity contribution in [3.05, 3.63) is 29.8 Å².